The Morgan fingerprint density at radius 2 is 1.74 bits per heavy atom. The van der Waals surface area contributed by atoms with Crippen LogP contribution in [0.5, 0.6) is 0 Å². The fourth-order valence-electron chi connectivity index (χ4n) is 9.42. The van der Waals surface area contributed by atoms with Gasteiger partial charge in [-0.1, -0.05) is 59.1 Å². The number of allylic oxidation sites excluding steroid dienone is 1. The summed E-state index contributed by atoms with van der Waals surface area (Å²) in [6, 6.07) is 0. The summed E-state index contributed by atoms with van der Waals surface area (Å²) in [6.07, 6.45) is 14.7. The van der Waals surface area contributed by atoms with Crippen LogP contribution in [0, 0.1) is 45.8 Å². The summed E-state index contributed by atoms with van der Waals surface area (Å²) in [5.41, 5.74) is 1.79. The highest BCUT2D eigenvalue weighted by Crippen LogP contribution is 2.68. The summed E-state index contributed by atoms with van der Waals surface area (Å²) < 4.78 is 0. The molecular formula is C29H50O2. The first kappa shape index (κ1) is 23.8. The standard InChI is InChI=1S/C29H50O2/c1-19(9-8-16-26(2,3)31)21-11-12-22-20-10-13-24-27(4,5)25(30)15-18-29(24,7)23(20)14-17-28(21,22)6/h13,19-23,25,30-31H,8-12,14-18H2,1-7H3/t19-,20+,21-,22+,23+,25-,28-,29-/m1/s1. The van der Waals surface area contributed by atoms with Crippen molar-refractivity contribution in [3.63, 3.8) is 0 Å². The van der Waals surface area contributed by atoms with Crippen LogP contribution in [0.4, 0.5) is 0 Å². The van der Waals surface area contributed by atoms with Gasteiger partial charge in [-0.2, -0.15) is 0 Å². The summed E-state index contributed by atoms with van der Waals surface area (Å²) in [6.45, 7) is 16.2. The molecule has 0 spiro atoms. The van der Waals surface area contributed by atoms with Gasteiger partial charge in [0.25, 0.3) is 0 Å². The molecule has 2 heteroatoms. The largest absolute Gasteiger partial charge is 0.392 e. The van der Waals surface area contributed by atoms with Crippen molar-refractivity contribution in [3.8, 4) is 0 Å². The molecule has 0 aromatic carbocycles. The van der Waals surface area contributed by atoms with E-state index in [0.717, 1.165) is 48.9 Å². The van der Waals surface area contributed by atoms with Gasteiger partial charge in [0.2, 0.25) is 0 Å². The van der Waals surface area contributed by atoms with E-state index in [1.807, 2.05) is 13.8 Å². The van der Waals surface area contributed by atoms with Gasteiger partial charge < -0.3 is 10.2 Å². The second-order valence-corrected chi connectivity index (χ2v) is 13.8. The molecule has 4 aliphatic rings. The molecule has 3 fully saturated rings. The van der Waals surface area contributed by atoms with Crippen LogP contribution in [-0.2, 0) is 0 Å². The molecular weight excluding hydrogens is 380 g/mol. The Morgan fingerprint density at radius 3 is 2.42 bits per heavy atom. The molecule has 31 heavy (non-hydrogen) atoms. The van der Waals surface area contributed by atoms with Gasteiger partial charge in [0.05, 0.1) is 11.7 Å². The minimum Gasteiger partial charge on any atom is -0.392 e. The maximum absolute atomic E-state index is 10.7. The van der Waals surface area contributed by atoms with Crippen molar-refractivity contribution in [2.75, 3.05) is 0 Å². The lowest BCUT2D eigenvalue weighted by Crippen LogP contribution is -2.54. The summed E-state index contributed by atoms with van der Waals surface area (Å²) >= 11 is 0. The van der Waals surface area contributed by atoms with Gasteiger partial charge in [-0.25, -0.2) is 0 Å². The summed E-state index contributed by atoms with van der Waals surface area (Å²) in [5, 5.41) is 20.9. The van der Waals surface area contributed by atoms with E-state index in [1.165, 1.54) is 44.9 Å². The second kappa shape index (κ2) is 7.86. The van der Waals surface area contributed by atoms with E-state index < -0.39 is 5.60 Å². The van der Waals surface area contributed by atoms with Crippen LogP contribution >= 0.6 is 0 Å². The van der Waals surface area contributed by atoms with Gasteiger partial charge in [0.1, 0.15) is 0 Å². The molecule has 0 bridgehead atoms. The lowest BCUT2D eigenvalue weighted by atomic mass is 9.44. The fourth-order valence-corrected chi connectivity index (χ4v) is 9.42. The fraction of sp³-hybridized carbons (Fsp3) is 0.931. The van der Waals surface area contributed by atoms with Gasteiger partial charge in [-0.15, -0.1) is 0 Å². The van der Waals surface area contributed by atoms with Gasteiger partial charge in [-0.05, 0) is 106 Å². The molecule has 0 saturated heterocycles. The quantitative estimate of drug-likeness (QED) is 0.455. The zero-order valence-corrected chi connectivity index (χ0v) is 21.5. The average molecular weight is 431 g/mol. The number of hydrogen-bond donors (Lipinski definition) is 2. The summed E-state index contributed by atoms with van der Waals surface area (Å²) in [5.74, 6) is 4.14. The van der Waals surface area contributed by atoms with Crippen LogP contribution in [0.2, 0.25) is 0 Å². The molecule has 178 valence electrons. The number of aliphatic hydroxyl groups is 2. The van der Waals surface area contributed by atoms with E-state index in [1.54, 1.807) is 5.57 Å². The summed E-state index contributed by atoms with van der Waals surface area (Å²) in [4.78, 5) is 0. The molecule has 0 radical (unpaired) electrons. The average Bonchev–Trinajstić information content (AvgIpc) is 3.01. The molecule has 0 aliphatic heterocycles. The molecule has 0 aromatic heterocycles. The van der Waals surface area contributed by atoms with E-state index in [-0.39, 0.29) is 11.5 Å². The van der Waals surface area contributed by atoms with Crippen molar-refractivity contribution in [3.05, 3.63) is 11.6 Å². The van der Waals surface area contributed by atoms with Crippen molar-refractivity contribution in [2.24, 2.45) is 45.8 Å². The first-order chi connectivity index (χ1) is 14.3. The predicted octanol–water partition coefficient (Wildman–Crippen LogP) is 7.14. The Bertz CT molecular complexity index is 700. The highest BCUT2D eigenvalue weighted by atomic mass is 16.3. The minimum atomic E-state index is -0.525. The molecule has 4 aliphatic carbocycles. The predicted molar refractivity (Wildman–Crippen MR) is 130 cm³/mol. The van der Waals surface area contributed by atoms with Crippen LogP contribution in [-0.4, -0.2) is 21.9 Å². The molecule has 2 nitrogen and oxygen atoms in total. The van der Waals surface area contributed by atoms with Crippen LogP contribution in [0.3, 0.4) is 0 Å². The lowest BCUT2D eigenvalue weighted by Gasteiger charge is -2.61. The molecule has 2 N–H and O–H groups in total. The van der Waals surface area contributed by atoms with E-state index in [4.69, 9.17) is 0 Å². The van der Waals surface area contributed by atoms with E-state index in [0.29, 0.717) is 10.8 Å². The van der Waals surface area contributed by atoms with Crippen LogP contribution in [0.1, 0.15) is 113 Å². The van der Waals surface area contributed by atoms with Crippen molar-refractivity contribution in [1.29, 1.82) is 0 Å². The number of aliphatic hydroxyl groups excluding tert-OH is 1. The van der Waals surface area contributed by atoms with Gasteiger partial charge in [-0.3, -0.25) is 0 Å². The highest BCUT2D eigenvalue weighted by Gasteiger charge is 2.61. The minimum absolute atomic E-state index is 0.0636. The Morgan fingerprint density at radius 1 is 1.03 bits per heavy atom. The molecule has 8 atom stereocenters. The Labute approximate surface area is 192 Å². The zero-order chi connectivity index (χ0) is 22.8. The number of rotatable bonds is 5. The topological polar surface area (TPSA) is 40.5 Å². The van der Waals surface area contributed by atoms with Gasteiger partial charge in [0, 0.05) is 5.41 Å². The maximum atomic E-state index is 10.7. The number of hydrogen-bond acceptors (Lipinski definition) is 2. The molecule has 0 aromatic rings. The normalized spacial score (nSPS) is 45.3. The molecule has 0 amide bonds. The number of fused-ring (bicyclic) bond motifs is 5. The van der Waals surface area contributed by atoms with Gasteiger partial charge in [0.15, 0.2) is 0 Å². The Hall–Kier alpha value is -0.340. The van der Waals surface area contributed by atoms with E-state index >= 15 is 0 Å². The highest BCUT2D eigenvalue weighted by molar-refractivity contribution is 5.31. The van der Waals surface area contributed by atoms with Crippen LogP contribution in [0.15, 0.2) is 11.6 Å². The van der Waals surface area contributed by atoms with Crippen molar-refractivity contribution >= 4 is 0 Å². The van der Waals surface area contributed by atoms with Crippen molar-refractivity contribution < 1.29 is 10.2 Å². The zero-order valence-electron chi connectivity index (χ0n) is 21.5. The Kier molecular flexibility index (Phi) is 6.04. The molecule has 4 rings (SSSR count). The lowest BCUT2D eigenvalue weighted by molar-refractivity contribution is -0.0783. The third-order valence-electron chi connectivity index (χ3n) is 11.1. The molecule has 3 saturated carbocycles. The third kappa shape index (κ3) is 3.86. The summed E-state index contributed by atoms with van der Waals surface area (Å²) in [7, 11) is 0. The van der Waals surface area contributed by atoms with Gasteiger partial charge >= 0.3 is 0 Å². The first-order valence-electron chi connectivity index (χ1n) is 13.4. The SMILES string of the molecule is C[C@H](CCCC(C)(C)O)[C@H]1CC[C@H]2[C@@H]3CC=C4C(C)(C)[C@H](O)CC[C@]4(C)[C@H]3CC[C@]12C. The Balaban J connectivity index is 1.52. The molecule has 0 heterocycles. The van der Waals surface area contributed by atoms with Crippen molar-refractivity contribution in [2.45, 2.75) is 124 Å². The van der Waals surface area contributed by atoms with E-state index in [9.17, 15) is 10.2 Å². The van der Waals surface area contributed by atoms with Crippen LogP contribution < -0.4 is 0 Å². The molecule has 0 unspecified atom stereocenters. The smallest absolute Gasteiger partial charge is 0.0628 e. The van der Waals surface area contributed by atoms with Crippen molar-refractivity contribution in [1.82, 2.24) is 0 Å². The van der Waals surface area contributed by atoms with E-state index in [2.05, 4.69) is 40.7 Å². The van der Waals surface area contributed by atoms with Crippen LogP contribution in [0.25, 0.3) is 0 Å². The maximum Gasteiger partial charge on any atom is 0.0628 e. The first-order valence-corrected chi connectivity index (χ1v) is 13.4. The monoisotopic (exact) mass is 430 g/mol. The third-order valence-corrected chi connectivity index (χ3v) is 11.1. The second-order valence-electron chi connectivity index (χ2n) is 13.8.